The Morgan fingerprint density at radius 2 is 2.20 bits per heavy atom. The van der Waals surface area contributed by atoms with Crippen LogP contribution in [0.1, 0.15) is 21.9 Å². The minimum absolute atomic E-state index is 0.0760. The number of ether oxygens (including phenoxy) is 1. The maximum Gasteiger partial charge on any atom is 0.372 e. The van der Waals surface area contributed by atoms with E-state index in [1.807, 2.05) is 0 Å². The van der Waals surface area contributed by atoms with Crippen LogP contribution in [0.4, 0.5) is 10.1 Å². The molecule has 106 valence electrons. The quantitative estimate of drug-likeness (QED) is 0.880. The minimum atomic E-state index is -1.10. The molecule has 0 amide bonds. The molecular formula is C14H14FNO4. The molecule has 0 fully saturated rings. The molecule has 5 nitrogen and oxygen atoms in total. The van der Waals surface area contributed by atoms with Crippen LogP contribution in [0.5, 0.6) is 5.75 Å². The zero-order valence-corrected chi connectivity index (χ0v) is 11.1. The largest absolute Gasteiger partial charge is 0.494 e. The number of anilines is 1. The number of carboxylic acids is 1. The standard InChI is InChI=1S/C14H14FNO4/c1-8-5-10(20-13(8)14(17)18)7-16-11-4-3-9(15)6-12(11)19-2/h3-6,16H,7H2,1-2H3,(H,17,18). The molecule has 0 unspecified atom stereocenters. The second-order valence-electron chi connectivity index (χ2n) is 4.23. The average molecular weight is 279 g/mol. The summed E-state index contributed by atoms with van der Waals surface area (Å²) in [7, 11) is 1.44. The van der Waals surface area contributed by atoms with Crippen LogP contribution in [-0.4, -0.2) is 18.2 Å². The molecule has 2 N–H and O–H groups in total. The molecule has 1 heterocycles. The lowest BCUT2D eigenvalue weighted by Gasteiger charge is -2.09. The van der Waals surface area contributed by atoms with Gasteiger partial charge in [0.2, 0.25) is 5.76 Å². The first-order chi connectivity index (χ1) is 9.51. The molecule has 1 aromatic carbocycles. The maximum absolute atomic E-state index is 13.1. The number of carbonyl (C=O) groups is 1. The summed E-state index contributed by atoms with van der Waals surface area (Å²) in [4.78, 5) is 10.9. The zero-order chi connectivity index (χ0) is 14.7. The predicted molar refractivity (Wildman–Crippen MR) is 70.7 cm³/mol. The van der Waals surface area contributed by atoms with E-state index in [4.69, 9.17) is 14.3 Å². The number of rotatable bonds is 5. The molecule has 2 aromatic rings. The summed E-state index contributed by atoms with van der Waals surface area (Å²) in [6, 6.07) is 5.76. The lowest BCUT2D eigenvalue weighted by atomic mass is 10.2. The van der Waals surface area contributed by atoms with Crippen molar-refractivity contribution in [3.63, 3.8) is 0 Å². The molecule has 6 heteroatoms. The molecule has 20 heavy (non-hydrogen) atoms. The van der Waals surface area contributed by atoms with Crippen LogP contribution < -0.4 is 10.1 Å². The molecular weight excluding hydrogens is 265 g/mol. The molecule has 2 rings (SSSR count). The molecule has 0 radical (unpaired) electrons. The van der Waals surface area contributed by atoms with E-state index in [1.165, 1.54) is 19.2 Å². The summed E-state index contributed by atoms with van der Waals surface area (Å²) in [6.45, 7) is 1.94. The number of hydrogen-bond donors (Lipinski definition) is 2. The van der Waals surface area contributed by atoms with Crippen molar-refractivity contribution in [3.05, 3.63) is 47.2 Å². The SMILES string of the molecule is COc1cc(F)ccc1NCc1cc(C)c(C(=O)O)o1. The fraction of sp³-hybridized carbons (Fsp3) is 0.214. The van der Waals surface area contributed by atoms with Gasteiger partial charge in [-0.1, -0.05) is 0 Å². The number of furan rings is 1. The molecule has 0 aliphatic carbocycles. The van der Waals surface area contributed by atoms with E-state index in [0.717, 1.165) is 0 Å². The molecule has 0 aliphatic rings. The van der Waals surface area contributed by atoms with Crippen LogP contribution in [0.15, 0.2) is 28.7 Å². The van der Waals surface area contributed by atoms with E-state index >= 15 is 0 Å². The van der Waals surface area contributed by atoms with Crippen LogP contribution >= 0.6 is 0 Å². The third kappa shape index (κ3) is 2.90. The molecule has 0 saturated carbocycles. The molecule has 0 saturated heterocycles. The highest BCUT2D eigenvalue weighted by molar-refractivity contribution is 5.86. The van der Waals surface area contributed by atoms with Gasteiger partial charge in [0, 0.05) is 11.6 Å². The summed E-state index contributed by atoms with van der Waals surface area (Å²) < 4.78 is 23.3. The van der Waals surface area contributed by atoms with Crippen LogP contribution in [-0.2, 0) is 6.54 Å². The summed E-state index contributed by atoms with van der Waals surface area (Å²) in [5.74, 6) is -0.728. The van der Waals surface area contributed by atoms with Crippen molar-refractivity contribution < 1.29 is 23.4 Å². The Kier molecular flexibility index (Phi) is 3.93. The molecule has 0 bridgehead atoms. The number of benzene rings is 1. The third-order valence-electron chi connectivity index (χ3n) is 2.78. The number of aromatic carboxylic acids is 1. The first-order valence-electron chi connectivity index (χ1n) is 5.91. The zero-order valence-electron chi connectivity index (χ0n) is 11.1. The number of halogens is 1. The lowest BCUT2D eigenvalue weighted by Crippen LogP contribution is -2.01. The Labute approximate surface area is 115 Å². The van der Waals surface area contributed by atoms with E-state index in [0.29, 0.717) is 22.8 Å². The Bertz CT molecular complexity index is 636. The van der Waals surface area contributed by atoms with Gasteiger partial charge in [-0.3, -0.25) is 0 Å². The Morgan fingerprint density at radius 3 is 2.80 bits per heavy atom. The fourth-order valence-corrected chi connectivity index (χ4v) is 1.84. The average Bonchev–Trinajstić information content (AvgIpc) is 2.78. The van der Waals surface area contributed by atoms with Gasteiger partial charge in [0.15, 0.2) is 0 Å². The second kappa shape index (κ2) is 5.64. The molecule has 1 aromatic heterocycles. The van der Waals surface area contributed by atoms with Crippen LogP contribution in [0.3, 0.4) is 0 Å². The summed E-state index contributed by atoms with van der Waals surface area (Å²) in [5.41, 5.74) is 1.15. The number of aryl methyl sites for hydroxylation is 1. The van der Waals surface area contributed by atoms with Gasteiger partial charge < -0.3 is 19.6 Å². The highest BCUT2D eigenvalue weighted by Crippen LogP contribution is 2.26. The van der Waals surface area contributed by atoms with Gasteiger partial charge in [-0.15, -0.1) is 0 Å². The number of methoxy groups -OCH3 is 1. The van der Waals surface area contributed by atoms with Crippen molar-refractivity contribution >= 4 is 11.7 Å². The van der Waals surface area contributed by atoms with Crippen molar-refractivity contribution in [1.29, 1.82) is 0 Å². The number of hydrogen-bond acceptors (Lipinski definition) is 4. The van der Waals surface area contributed by atoms with E-state index in [2.05, 4.69) is 5.32 Å². The minimum Gasteiger partial charge on any atom is -0.494 e. The highest BCUT2D eigenvalue weighted by atomic mass is 19.1. The third-order valence-corrected chi connectivity index (χ3v) is 2.78. The lowest BCUT2D eigenvalue weighted by molar-refractivity contribution is 0.0659. The summed E-state index contributed by atoms with van der Waals surface area (Å²) in [5, 5.41) is 11.9. The van der Waals surface area contributed by atoms with Crippen molar-refractivity contribution in [2.24, 2.45) is 0 Å². The second-order valence-corrected chi connectivity index (χ2v) is 4.23. The number of carboxylic acid groups (broad SMARTS) is 1. The Morgan fingerprint density at radius 1 is 1.45 bits per heavy atom. The van der Waals surface area contributed by atoms with Gasteiger partial charge in [0.05, 0.1) is 19.3 Å². The maximum atomic E-state index is 13.1. The van der Waals surface area contributed by atoms with Gasteiger partial charge >= 0.3 is 5.97 Å². The van der Waals surface area contributed by atoms with Gasteiger partial charge in [-0.05, 0) is 25.1 Å². The normalized spacial score (nSPS) is 10.3. The van der Waals surface area contributed by atoms with Crippen LogP contribution in [0.25, 0.3) is 0 Å². The number of nitrogens with one attached hydrogen (secondary N) is 1. The first kappa shape index (κ1) is 13.9. The molecule has 0 spiro atoms. The molecule has 0 aliphatic heterocycles. The van der Waals surface area contributed by atoms with Gasteiger partial charge in [0.25, 0.3) is 0 Å². The highest BCUT2D eigenvalue weighted by Gasteiger charge is 2.14. The van der Waals surface area contributed by atoms with Crippen molar-refractivity contribution in [3.8, 4) is 5.75 Å². The smallest absolute Gasteiger partial charge is 0.372 e. The Balaban J connectivity index is 2.13. The van der Waals surface area contributed by atoms with Gasteiger partial charge in [0.1, 0.15) is 17.3 Å². The van der Waals surface area contributed by atoms with E-state index in [9.17, 15) is 9.18 Å². The van der Waals surface area contributed by atoms with Gasteiger partial charge in [-0.2, -0.15) is 0 Å². The van der Waals surface area contributed by atoms with Crippen molar-refractivity contribution in [2.45, 2.75) is 13.5 Å². The van der Waals surface area contributed by atoms with E-state index in [-0.39, 0.29) is 12.3 Å². The van der Waals surface area contributed by atoms with Crippen LogP contribution in [0, 0.1) is 12.7 Å². The first-order valence-corrected chi connectivity index (χ1v) is 5.91. The molecule has 0 atom stereocenters. The summed E-state index contributed by atoms with van der Waals surface area (Å²) in [6.07, 6.45) is 0. The van der Waals surface area contributed by atoms with Crippen LogP contribution in [0.2, 0.25) is 0 Å². The predicted octanol–water partition coefficient (Wildman–Crippen LogP) is 3.05. The monoisotopic (exact) mass is 279 g/mol. The summed E-state index contributed by atoms with van der Waals surface area (Å²) >= 11 is 0. The topological polar surface area (TPSA) is 71.7 Å². The van der Waals surface area contributed by atoms with E-state index < -0.39 is 11.8 Å². The van der Waals surface area contributed by atoms with Crippen molar-refractivity contribution in [2.75, 3.05) is 12.4 Å². The van der Waals surface area contributed by atoms with E-state index in [1.54, 1.807) is 19.1 Å². The Hall–Kier alpha value is -2.50. The van der Waals surface area contributed by atoms with Gasteiger partial charge in [-0.25, -0.2) is 9.18 Å². The fourth-order valence-electron chi connectivity index (χ4n) is 1.84. The van der Waals surface area contributed by atoms with Crippen molar-refractivity contribution in [1.82, 2.24) is 0 Å².